The minimum atomic E-state index is -0.301. The van der Waals surface area contributed by atoms with Crippen molar-refractivity contribution in [2.24, 2.45) is 0 Å². The van der Waals surface area contributed by atoms with Crippen LogP contribution in [0.3, 0.4) is 0 Å². The first-order chi connectivity index (χ1) is 15.2. The smallest absolute Gasteiger partial charge is 0.409 e. The van der Waals surface area contributed by atoms with Crippen molar-refractivity contribution >= 4 is 12.0 Å². The third kappa shape index (κ3) is 4.58. The zero-order chi connectivity index (χ0) is 21.6. The van der Waals surface area contributed by atoms with Gasteiger partial charge in [-0.1, -0.05) is 53.7 Å². The third-order valence-electron chi connectivity index (χ3n) is 5.29. The fraction of sp³-hybridized carbons (Fsp3) is 0.304. The van der Waals surface area contributed by atoms with Crippen LogP contribution in [-0.2, 0) is 4.74 Å². The van der Waals surface area contributed by atoms with E-state index in [1.165, 1.54) is 0 Å². The molecule has 0 atom stereocenters. The van der Waals surface area contributed by atoms with E-state index in [0.717, 1.165) is 11.3 Å². The molecule has 3 aromatic rings. The summed E-state index contributed by atoms with van der Waals surface area (Å²) in [5, 5.41) is 11.6. The Morgan fingerprint density at radius 1 is 1.03 bits per heavy atom. The van der Waals surface area contributed by atoms with E-state index in [4.69, 9.17) is 4.74 Å². The summed E-state index contributed by atoms with van der Waals surface area (Å²) < 4.78 is 6.74. The standard InChI is InChI=1S/C23H25N5O3/c1-2-31-23(30)27-15-13-18(14-16-27)24-22(29)20-21(17-9-5-3-6-10-17)28(26-25-20)19-11-7-4-8-12-19/h3-12,18H,2,13-16H2,1H3,(H,24,29). The largest absolute Gasteiger partial charge is 0.450 e. The molecule has 1 aliphatic heterocycles. The molecule has 4 rings (SSSR count). The Bertz CT molecular complexity index is 1030. The van der Waals surface area contributed by atoms with E-state index < -0.39 is 0 Å². The second-order valence-corrected chi connectivity index (χ2v) is 7.33. The van der Waals surface area contributed by atoms with Crippen LogP contribution in [-0.4, -0.2) is 57.6 Å². The predicted molar refractivity (Wildman–Crippen MR) is 116 cm³/mol. The summed E-state index contributed by atoms with van der Waals surface area (Å²) in [6.07, 6.45) is 1.03. The van der Waals surface area contributed by atoms with Gasteiger partial charge in [-0.25, -0.2) is 9.48 Å². The zero-order valence-electron chi connectivity index (χ0n) is 17.4. The number of benzene rings is 2. The number of ether oxygens (including phenoxy) is 1. The lowest BCUT2D eigenvalue weighted by Crippen LogP contribution is -2.46. The van der Waals surface area contributed by atoms with Crippen LogP contribution in [0.5, 0.6) is 0 Å². The first kappa shape index (κ1) is 20.6. The summed E-state index contributed by atoms with van der Waals surface area (Å²) in [6, 6.07) is 19.2. The molecule has 0 unspecified atom stereocenters. The van der Waals surface area contributed by atoms with Gasteiger partial charge in [-0.3, -0.25) is 4.79 Å². The van der Waals surface area contributed by atoms with Crippen molar-refractivity contribution in [3.8, 4) is 16.9 Å². The molecule has 8 heteroatoms. The summed E-state index contributed by atoms with van der Waals surface area (Å²) in [4.78, 5) is 26.7. The number of amides is 2. The van der Waals surface area contributed by atoms with Gasteiger partial charge in [-0.05, 0) is 31.9 Å². The zero-order valence-corrected chi connectivity index (χ0v) is 17.4. The Balaban J connectivity index is 1.54. The number of rotatable bonds is 5. The molecule has 31 heavy (non-hydrogen) atoms. The first-order valence-electron chi connectivity index (χ1n) is 10.5. The summed E-state index contributed by atoms with van der Waals surface area (Å²) in [5.74, 6) is -0.268. The van der Waals surface area contributed by atoms with Gasteiger partial charge in [0.25, 0.3) is 5.91 Å². The molecule has 2 heterocycles. The van der Waals surface area contributed by atoms with Crippen LogP contribution in [0.1, 0.15) is 30.3 Å². The molecule has 2 aromatic carbocycles. The number of hydrogen-bond acceptors (Lipinski definition) is 5. The van der Waals surface area contributed by atoms with Crippen molar-refractivity contribution in [2.75, 3.05) is 19.7 Å². The highest BCUT2D eigenvalue weighted by Crippen LogP contribution is 2.25. The molecular formula is C23H25N5O3. The van der Waals surface area contributed by atoms with Gasteiger partial charge in [-0.2, -0.15) is 0 Å². The SMILES string of the molecule is CCOC(=O)N1CCC(NC(=O)c2nnn(-c3ccccc3)c2-c2ccccc2)CC1. The van der Waals surface area contributed by atoms with Crippen molar-refractivity contribution in [1.29, 1.82) is 0 Å². The number of carbonyl (C=O) groups excluding carboxylic acids is 2. The van der Waals surface area contributed by atoms with E-state index in [1.54, 1.807) is 16.5 Å². The van der Waals surface area contributed by atoms with E-state index in [9.17, 15) is 9.59 Å². The average molecular weight is 419 g/mol. The van der Waals surface area contributed by atoms with E-state index in [1.807, 2.05) is 60.7 Å². The third-order valence-corrected chi connectivity index (χ3v) is 5.29. The quantitative estimate of drug-likeness (QED) is 0.686. The van der Waals surface area contributed by atoms with Crippen molar-refractivity contribution in [1.82, 2.24) is 25.2 Å². The van der Waals surface area contributed by atoms with Crippen LogP contribution in [0.25, 0.3) is 16.9 Å². The van der Waals surface area contributed by atoms with E-state index >= 15 is 0 Å². The molecule has 2 amide bonds. The van der Waals surface area contributed by atoms with Gasteiger partial charge in [-0.15, -0.1) is 5.10 Å². The summed E-state index contributed by atoms with van der Waals surface area (Å²) in [7, 11) is 0. The van der Waals surface area contributed by atoms with Gasteiger partial charge in [0.1, 0.15) is 5.69 Å². The Hall–Kier alpha value is -3.68. The molecule has 160 valence electrons. The number of hydrogen-bond donors (Lipinski definition) is 1. The van der Waals surface area contributed by atoms with Crippen molar-refractivity contribution in [2.45, 2.75) is 25.8 Å². The number of para-hydroxylation sites is 1. The molecule has 8 nitrogen and oxygen atoms in total. The second kappa shape index (κ2) is 9.42. The Kier molecular flexibility index (Phi) is 6.26. The molecule has 0 bridgehead atoms. The number of piperidine rings is 1. The van der Waals surface area contributed by atoms with Gasteiger partial charge in [0, 0.05) is 24.7 Å². The maximum absolute atomic E-state index is 13.1. The van der Waals surface area contributed by atoms with Crippen LogP contribution in [0.2, 0.25) is 0 Å². The fourth-order valence-electron chi connectivity index (χ4n) is 3.71. The Morgan fingerprint density at radius 2 is 1.68 bits per heavy atom. The van der Waals surface area contributed by atoms with Crippen LogP contribution >= 0.6 is 0 Å². The van der Waals surface area contributed by atoms with Crippen LogP contribution in [0.4, 0.5) is 4.79 Å². The Morgan fingerprint density at radius 3 is 2.32 bits per heavy atom. The molecule has 1 N–H and O–H groups in total. The van der Waals surface area contributed by atoms with Gasteiger partial charge in [0.05, 0.1) is 12.3 Å². The minimum absolute atomic E-state index is 0.0383. The van der Waals surface area contributed by atoms with Crippen LogP contribution in [0.15, 0.2) is 60.7 Å². The van der Waals surface area contributed by atoms with Gasteiger partial charge in [0.2, 0.25) is 0 Å². The monoisotopic (exact) mass is 419 g/mol. The van der Waals surface area contributed by atoms with E-state index in [0.29, 0.717) is 38.2 Å². The number of carbonyl (C=O) groups is 2. The fourth-order valence-corrected chi connectivity index (χ4v) is 3.71. The molecular weight excluding hydrogens is 394 g/mol. The number of likely N-dealkylation sites (tertiary alicyclic amines) is 1. The molecule has 0 spiro atoms. The molecule has 0 saturated carbocycles. The highest BCUT2D eigenvalue weighted by molar-refractivity contribution is 5.98. The number of nitrogens with one attached hydrogen (secondary N) is 1. The van der Waals surface area contributed by atoms with Gasteiger partial charge in [0.15, 0.2) is 5.69 Å². The molecule has 1 fully saturated rings. The van der Waals surface area contributed by atoms with Crippen LogP contribution in [0, 0.1) is 0 Å². The number of aromatic nitrogens is 3. The molecule has 1 aliphatic rings. The predicted octanol–water partition coefficient (Wildman–Crippen LogP) is 3.29. The lowest BCUT2D eigenvalue weighted by atomic mass is 10.0. The normalized spacial score (nSPS) is 14.3. The van der Waals surface area contributed by atoms with Gasteiger partial charge >= 0.3 is 6.09 Å². The summed E-state index contributed by atoms with van der Waals surface area (Å²) >= 11 is 0. The lowest BCUT2D eigenvalue weighted by molar-refractivity contribution is 0.0857. The lowest BCUT2D eigenvalue weighted by Gasteiger charge is -2.31. The highest BCUT2D eigenvalue weighted by atomic mass is 16.6. The average Bonchev–Trinajstić information content (AvgIpc) is 3.26. The number of nitrogens with zero attached hydrogens (tertiary/aromatic N) is 4. The van der Waals surface area contributed by atoms with Crippen LogP contribution < -0.4 is 5.32 Å². The summed E-state index contributed by atoms with van der Waals surface area (Å²) in [5.41, 5.74) is 2.62. The second-order valence-electron chi connectivity index (χ2n) is 7.33. The van der Waals surface area contributed by atoms with E-state index in [-0.39, 0.29) is 23.7 Å². The molecule has 0 radical (unpaired) electrons. The first-order valence-corrected chi connectivity index (χ1v) is 10.5. The minimum Gasteiger partial charge on any atom is -0.450 e. The molecule has 1 saturated heterocycles. The molecule has 1 aromatic heterocycles. The van der Waals surface area contributed by atoms with Crippen molar-refractivity contribution in [3.63, 3.8) is 0 Å². The van der Waals surface area contributed by atoms with E-state index in [2.05, 4.69) is 15.6 Å². The maximum Gasteiger partial charge on any atom is 0.409 e. The van der Waals surface area contributed by atoms with Gasteiger partial charge < -0.3 is 15.0 Å². The molecule has 0 aliphatic carbocycles. The van der Waals surface area contributed by atoms with Crippen molar-refractivity contribution < 1.29 is 14.3 Å². The topological polar surface area (TPSA) is 89.3 Å². The Labute approximate surface area is 180 Å². The summed E-state index contributed by atoms with van der Waals surface area (Å²) in [6.45, 7) is 3.24. The van der Waals surface area contributed by atoms with Crippen molar-refractivity contribution in [3.05, 3.63) is 66.4 Å². The highest BCUT2D eigenvalue weighted by Gasteiger charge is 2.28. The maximum atomic E-state index is 13.1.